The molecule has 0 aliphatic heterocycles. The SMILES string of the molecule is CC(C)[Si](SCC(=O)c1cccs1)(C(C)C)C(C)C. The Balaban J connectivity index is 2.82. The molecule has 0 radical (unpaired) electrons. The molecule has 0 fully saturated rings. The third-order valence-corrected chi connectivity index (χ3v) is 17.4. The molecule has 1 nitrogen and oxygen atoms in total. The first-order valence-corrected chi connectivity index (χ1v) is 11.8. The Bertz CT molecular complexity index is 375. The molecule has 0 spiro atoms. The highest BCUT2D eigenvalue weighted by molar-refractivity contribution is 8.29. The first-order chi connectivity index (χ1) is 8.82. The molecule has 19 heavy (non-hydrogen) atoms. The van der Waals surface area contributed by atoms with E-state index in [9.17, 15) is 4.79 Å². The monoisotopic (exact) mass is 314 g/mol. The number of ketones is 1. The van der Waals surface area contributed by atoms with Crippen molar-refractivity contribution in [1.82, 2.24) is 0 Å². The van der Waals surface area contributed by atoms with Gasteiger partial charge >= 0.3 is 0 Å². The van der Waals surface area contributed by atoms with Gasteiger partial charge in [-0.2, -0.15) is 11.2 Å². The van der Waals surface area contributed by atoms with Crippen molar-refractivity contribution in [2.45, 2.75) is 58.2 Å². The van der Waals surface area contributed by atoms with E-state index in [1.54, 1.807) is 11.3 Å². The van der Waals surface area contributed by atoms with Crippen molar-refractivity contribution in [2.75, 3.05) is 5.75 Å². The maximum Gasteiger partial charge on any atom is 0.182 e. The number of Topliss-reactive ketones (excluding diaryl/α,β-unsaturated/α-hetero) is 1. The Kier molecular flexibility index (Phi) is 6.34. The third kappa shape index (κ3) is 3.73. The van der Waals surface area contributed by atoms with Crippen molar-refractivity contribution in [3.05, 3.63) is 22.4 Å². The zero-order chi connectivity index (χ0) is 14.6. The number of hydrogen-bond donors (Lipinski definition) is 0. The molecule has 0 unspecified atom stereocenters. The van der Waals surface area contributed by atoms with Gasteiger partial charge in [-0.25, -0.2) is 0 Å². The van der Waals surface area contributed by atoms with Gasteiger partial charge in [0.25, 0.3) is 0 Å². The van der Waals surface area contributed by atoms with Gasteiger partial charge in [-0.1, -0.05) is 47.6 Å². The number of carbonyl (C=O) groups is 1. The fourth-order valence-corrected chi connectivity index (χ4v) is 13.6. The smallest absolute Gasteiger partial charge is 0.182 e. The minimum absolute atomic E-state index is 0.304. The lowest BCUT2D eigenvalue weighted by Crippen LogP contribution is -2.42. The van der Waals surface area contributed by atoms with E-state index in [0.29, 0.717) is 28.2 Å². The van der Waals surface area contributed by atoms with Crippen LogP contribution in [-0.2, 0) is 0 Å². The van der Waals surface area contributed by atoms with Crippen molar-refractivity contribution < 1.29 is 4.79 Å². The average molecular weight is 315 g/mol. The van der Waals surface area contributed by atoms with E-state index in [2.05, 4.69) is 41.5 Å². The van der Waals surface area contributed by atoms with Crippen molar-refractivity contribution in [2.24, 2.45) is 0 Å². The third-order valence-electron chi connectivity index (χ3n) is 3.96. The van der Waals surface area contributed by atoms with E-state index in [-0.39, 0.29) is 0 Å². The van der Waals surface area contributed by atoms with Gasteiger partial charge in [0.15, 0.2) is 5.78 Å². The molecule has 0 N–H and O–H groups in total. The quantitative estimate of drug-likeness (QED) is 0.464. The maximum absolute atomic E-state index is 12.2. The van der Waals surface area contributed by atoms with E-state index < -0.39 is 7.22 Å². The number of hydrogen-bond acceptors (Lipinski definition) is 3. The standard InChI is InChI=1S/C15H26OS2Si/c1-11(2)19(12(3)4,13(5)6)18-10-14(16)15-8-7-9-17-15/h7-9,11-13H,10H2,1-6H3. The predicted octanol–water partition coefficient (Wildman–Crippen LogP) is 5.84. The first kappa shape index (κ1) is 17.0. The molecule has 108 valence electrons. The van der Waals surface area contributed by atoms with Gasteiger partial charge in [0.1, 0.15) is 7.22 Å². The Hall–Kier alpha value is -0.0631. The molecular formula is C15H26OS2Si. The first-order valence-electron chi connectivity index (χ1n) is 7.03. The van der Waals surface area contributed by atoms with Gasteiger partial charge in [0.05, 0.1) is 10.6 Å². The van der Waals surface area contributed by atoms with Crippen LogP contribution in [0.15, 0.2) is 17.5 Å². The molecular weight excluding hydrogens is 288 g/mol. The summed E-state index contributed by atoms with van der Waals surface area (Å²) in [5, 5.41) is 1.98. The Morgan fingerprint density at radius 3 is 2.05 bits per heavy atom. The molecule has 0 aliphatic rings. The van der Waals surface area contributed by atoms with Crippen LogP contribution in [0.3, 0.4) is 0 Å². The minimum Gasteiger partial charge on any atom is -0.292 e. The number of thiophene rings is 1. The summed E-state index contributed by atoms with van der Waals surface area (Å²) in [5.74, 6) is 0.959. The molecule has 0 amide bonds. The fourth-order valence-electron chi connectivity index (χ4n) is 3.20. The topological polar surface area (TPSA) is 17.1 Å². The second-order valence-corrected chi connectivity index (χ2v) is 15.7. The normalized spacial score (nSPS) is 12.7. The summed E-state index contributed by atoms with van der Waals surface area (Å²) < 4.78 is 0. The van der Waals surface area contributed by atoms with Gasteiger partial charge in [-0.3, -0.25) is 4.79 Å². The van der Waals surface area contributed by atoms with Crippen LogP contribution in [0.1, 0.15) is 51.2 Å². The van der Waals surface area contributed by atoms with Gasteiger partial charge < -0.3 is 0 Å². The summed E-state index contributed by atoms with van der Waals surface area (Å²) in [4.78, 5) is 13.1. The van der Waals surface area contributed by atoms with Crippen molar-refractivity contribution in [3.8, 4) is 0 Å². The Labute approximate surface area is 126 Å². The van der Waals surface area contributed by atoms with E-state index >= 15 is 0 Å². The molecule has 0 aromatic carbocycles. The molecule has 1 rings (SSSR count). The lowest BCUT2D eigenvalue weighted by molar-refractivity contribution is 0.102. The predicted molar refractivity (Wildman–Crippen MR) is 92.2 cm³/mol. The van der Waals surface area contributed by atoms with Crippen LogP contribution in [0.2, 0.25) is 16.6 Å². The van der Waals surface area contributed by atoms with Crippen LogP contribution in [0.4, 0.5) is 0 Å². The van der Waals surface area contributed by atoms with Crippen molar-refractivity contribution >= 4 is 35.6 Å². The largest absolute Gasteiger partial charge is 0.292 e. The highest BCUT2D eigenvalue weighted by Crippen LogP contribution is 2.49. The van der Waals surface area contributed by atoms with Gasteiger partial charge in [-0.15, -0.1) is 11.3 Å². The van der Waals surface area contributed by atoms with Gasteiger partial charge in [-0.05, 0) is 28.1 Å². The van der Waals surface area contributed by atoms with Crippen molar-refractivity contribution in [3.63, 3.8) is 0 Å². The highest BCUT2D eigenvalue weighted by atomic mass is 32.4. The maximum atomic E-state index is 12.2. The van der Waals surface area contributed by atoms with Crippen LogP contribution in [0.25, 0.3) is 0 Å². The van der Waals surface area contributed by atoms with Gasteiger partial charge in [0.2, 0.25) is 0 Å². The van der Waals surface area contributed by atoms with Crippen LogP contribution < -0.4 is 0 Å². The summed E-state index contributed by atoms with van der Waals surface area (Å²) in [7, 11) is -1.50. The number of carbonyl (C=O) groups excluding carboxylic acids is 1. The molecule has 0 aliphatic carbocycles. The van der Waals surface area contributed by atoms with Crippen LogP contribution >= 0.6 is 22.5 Å². The molecule has 0 atom stereocenters. The summed E-state index contributed by atoms with van der Waals surface area (Å²) >= 11 is 3.56. The van der Waals surface area contributed by atoms with Crippen molar-refractivity contribution in [1.29, 1.82) is 0 Å². The molecule has 4 heteroatoms. The molecule has 0 saturated heterocycles. The lowest BCUT2D eigenvalue weighted by atomic mass is 10.4. The molecule has 1 heterocycles. The summed E-state index contributed by atoms with van der Waals surface area (Å²) in [6.45, 7) is 14.1. The van der Waals surface area contributed by atoms with E-state index in [1.165, 1.54) is 0 Å². The van der Waals surface area contributed by atoms with E-state index in [0.717, 1.165) is 4.88 Å². The fraction of sp³-hybridized carbons (Fsp3) is 0.667. The highest BCUT2D eigenvalue weighted by Gasteiger charge is 2.43. The zero-order valence-corrected chi connectivity index (χ0v) is 15.5. The van der Waals surface area contributed by atoms with Crippen LogP contribution in [0, 0.1) is 0 Å². The second-order valence-electron chi connectivity index (χ2n) is 6.01. The molecule has 0 bridgehead atoms. The molecule has 1 aromatic rings. The summed E-state index contributed by atoms with van der Waals surface area (Å²) in [6, 6.07) is 3.90. The summed E-state index contributed by atoms with van der Waals surface area (Å²) in [6.07, 6.45) is 0. The lowest BCUT2D eigenvalue weighted by Gasteiger charge is -2.42. The average Bonchev–Trinajstić information content (AvgIpc) is 2.81. The molecule has 0 saturated carbocycles. The zero-order valence-electron chi connectivity index (χ0n) is 12.9. The second kappa shape index (κ2) is 7.09. The van der Waals surface area contributed by atoms with E-state index in [1.807, 2.05) is 28.7 Å². The van der Waals surface area contributed by atoms with Crippen LogP contribution in [-0.4, -0.2) is 18.8 Å². The summed E-state index contributed by atoms with van der Waals surface area (Å²) in [5.41, 5.74) is 2.11. The number of rotatable bonds is 7. The van der Waals surface area contributed by atoms with Gasteiger partial charge in [0, 0.05) is 0 Å². The van der Waals surface area contributed by atoms with E-state index in [4.69, 9.17) is 0 Å². The molecule has 1 aromatic heterocycles. The minimum atomic E-state index is -1.50. The Morgan fingerprint density at radius 1 is 1.16 bits per heavy atom. The Morgan fingerprint density at radius 2 is 1.68 bits per heavy atom. The van der Waals surface area contributed by atoms with Crippen LogP contribution in [0.5, 0.6) is 0 Å².